The molecular formula is C40H48N12O5. The lowest BCUT2D eigenvalue weighted by molar-refractivity contribution is -0.0477. The molecule has 3 amide bonds. The molecule has 298 valence electrons. The number of fused-ring (bicyclic) bond motifs is 2. The molecule has 17 heteroatoms. The minimum absolute atomic E-state index is 0.0675. The van der Waals surface area contributed by atoms with Gasteiger partial charge in [0.25, 0.3) is 5.91 Å². The number of nitrogens with one attached hydrogen (secondary N) is 3. The van der Waals surface area contributed by atoms with Crippen LogP contribution >= 0.6 is 0 Å². The van der Waals surface area contributed by atoms with Gasteiger partial charge in [0.2, 0.25) is 11.7 Å². The van der Waals surface area contributed by atoms with Gasteiger partial charge in [0.15, 0.2) is 5.65 Å². The average Bonchev–Trinajstić information content (AvgIpc) is 4.04. The number of hydrogen-bond donors (Lipinski definition) is 5. The number of hydrogen-bond acceptors (Lipinski definition) is 13. The molecule has 0 spiro atoms. The molecule has 4 aromatic heterocycles. The van der Waals surface area contributed by atoms with Gasteiger partial charge in [-0.3, -0.25) is 20.0 Å². The maximum absolute atomic E-state index is 13.2. The summed E-state index contributed by atoms with van der Waals surface area (Å²) in [6.45, 7) is 6.85. The fourth-order valence-corrected chi connectivity index (χ4v) is 8.88. The van der Waals surface area contributed by atoms with E-state index >= 15 is 0 Å². The number of nitrogens with zero attached hydrogens (tertiary/aromatic N) is 9. The molecule has 4 aliphatic rings. The van der Waals surface area contributed by atoms with Crippen LogP contribution in [0, 0.1) is 6.92 Å². The first-order valence-corrected chi connectivity index (χ1v) is 20.0. The van der Waals surface area contributed by atoms with Gasteiger partial charge in [0, 0.05) is 62.4 Å². The first-order chi connectivity index (χ1) is 27.8. The number of benzene rings is 1. The highest BCUT2D eigenvalue weighted by molar-refractivity contribution is 6.00. The molecule has 1 saturated carbocycles. The summed E-state index contributed by atoms with van der Waals surface area (Å²) in [5, 5.41) is 37.6. The Labute approximate surface area is 329 Å². The number of aryl methyl sites for hydroxylation is 2. The SMILES string of the molecule is Cc1cc(NC(=O)Nc2cnc3ccnn3c2C2CCCC2)cnc1-c1noc(CCCN2CCN(c3ccc4c(c3)CN(C3CCC(O)NC3O)C4=O)CC2)n1. The first kappa shape index (κ1) is 37.1. The van der Waals surface area contributed by atoms with Crippen molar-refractivity contribution < 1.29 is 24.3 Å². The number of piperidine rings is 1. The summed E-state index contributed by atoms with van der Waals surface area (Å²) in [5.41, 5.74) is 7.10. The molecule has 3 unspecified atom stereocenters. The van der Waals surface area contributed by atoms with Crippen molar-refractivity contribution >= 4 is 34.6 Å². The van der Waals surface area contributed by atoms with Crippen molar-refractivity contribution in [2.75, 3.05) is 48.3 Å². The summed E-state index contributed by atoms with van der Waals surface area (Å²) < 4.78 is 7.44. The fraction of sp³-hybridized carbons (Fsp3) is 0.475. The number of urea groups is 1. The van der Waals surface area contributed by atoms with Gasteiger partial charge in [-0.05, 0) is 81.0 Å². The van der Waals surface area contributed by atoms with Gasteiger partial charge in [-0.1, -0.05) is 18.0 Å². The Bertz CT molecular complexity index is 2260. The quantitative estimate of drug-likeness (QED) is 0.137. The van der Waals surface area contributed by atoms with Crippen molar-refractivity contribution in [3.8, 4) is 11.5 Å². The van der Waals surface area contributed by atoms with Crippen molar-refractivity contribution in [3.63, 3.8) is 0 Å². The summed E-state index contributed by atoms with van der Waals surface area (Å²) in [7, 11) is 0. The van der Waals surface area contributed by atoms with E-state index in [9.17, 15) is 19.8 Å². The monoisotopic (exact) mass is 776 g/mol. The van der Waals surface area contributed by atoms with Crippen molar-refractivity contribution in [1.82, 2.24) is 44.8 Å². The predicted molar refractivity (Wildman–Crippen MR) is 211 cm³/mol. The molecule has 0 radical (unpaired) electrons. The minimum Gasteiger partial charge on any atom is -0.379 e. The summed E-state index contributed by atoms with van der Waals surface area (Å²) in [5.74, 6) is 1.22. The second-order valence-electron chi connectivity index (χ2n) is 15.6. The van der Waals surface area contributed by atoms with Gasteiger partial charge in [-0.2, -0.15) is 10.1 Å². The van der Waals surface area contributed by atoms with E-state index in [-0.39, 0.29) is 18.0 Å². The number of aromatic nitrogens is 6. The Kier molecular flexibility index (Phi) is 10.3. The van der Waals surface area contributed by atoms with Gasteiger partial charge >= 0.3 is 6.03 Å². The summed E-state index contributed by atoms with van der Waals surface area (Å²) in [4.78, 5) is 46.5. The number of aliphatic hydroxyl groups is 2. The molecule has 5 aromatic rings. The summed E-state index contributed by atoms with van der Waals surface area (Å²) >= 11 is 0. The van der Waals surface area contributed by atoms with Gasteiger partial charge in [0.05, 0.1) is 41.7 Å². The van der Waals surface area contributed by atoms with Crippen LogP contribution in [-0.2, 0) is 13.0 Å². The third-order valence-electron chi connectivity index (χ3n) is 11.8. The molecule has 57 heavy (non-hydrogen) atoms. The second kappa shape index (κ2) is 15.8. The van der Waals surface area contributed by atoms with Crippen LogP contribution in [0.15, 0.2) is 53.4 Å². The number of pyridine rings is 1. The number of carbonyl (C=O) groups excluding carboxylic acids is 2. The van der Waals surface area contributed by atoms with Crippen LogP contribution < -0.4 is 20.9 Å². The first-order valence-electron chi connectivity index (χ1n) is 20.0. The molecule has 7 heterocycles. The van der Waals surface area contributed by atoms with E-state index in [0.29, 0.717) is 66.1 Å². The number of carbonyl (C=O) groups is 2. The van der Waals surface area contributed by atoms with E-state index in [0.717, 1.165) is 93.0 Å². The van der Waals surface area contributed by atoms with Gasteiger partial charge in [0.1, 0.15) is 18.1 Å². The van der Waals surface area contributed by atoms with E-state index in [2.05, 4.69) is 57.0 Å². The lowest BCUT2D eigenvalue weighted by Gasteiger charge is -2.37. The molecule has 3 atom stereocenters. The van der Waals surface area contributed by atoms with Crippen LogP contribution in [0.2, 0.25) is 0 Å². The molecule has 3 aliphatic heterocycles. The van der Waals surface area contributed by atoms with Crippen molar-refractivity contribution in [3.05, 3.63) is 77.2 Å². The van der Waals surface area contributed by atoms with Crippen molar-refractivity contribution in [2.24, 2.45) is 0 Å². The molecule has 17 nitrogen and oxygen atoms in total. The minimum atomic E-state index is -0.949. The summed E-state index contributed by atoms with van der Waals surface area (Å²) in [6.07, 6.45) is 10.3. The predicted octanol–water partition coefficient (Wildman–Crippen LogP) is 3.88. The molecule has 2 saturated heterocycles. The van der Waals surface area contributed by atoms with E-state index in [1.807, 2.05) is 35.7 Å². The zero-order valence-electron chi connectivity index (χ0n) is 32.0. The number of piperazine rings is 1. The normalized spacial score (nSPS) is 21.7. The topological polar surface area (TPSA) is 202 Å². The summed E-state index contributed by atoms with van der Waals surface area (Å²) in [6, 6.07) is 9.00. The number of rotatable bonds is 10. The van der Waals surface area contributed by atoms with E-state index in [4.69, 9.17) is 4.52 Å². The Morgan fingerprint density at radius 1 is 1.00 bits per heavy atom. The van der Waals surface area contributed by atoms with Crippen LogP contribution in [0.25, 0.3) is 17.2 Å². The molecule has 9 rings (SSSR count). The van der Waals surface area contributed by atoms with E-state index < -0.39 is 12.5 Å². The van der Waals surface area contributed by atoms with E-state index in [1.54, 1.807) is 23.5 Å². The molecule has 1 aliphatic carbocycles. The van der Waals surface area contributed by atoms with Crippen molar-refractivity contribution in [1.29, 1.82) is 0 Å². The smallest absolute Gasteiger partial charge is 0.323 e. The van der Waals surface area contributed by atoms with Crippen LogP contribution in [0.3, 0.4) is 0 Å². The van der Waals surface area contributed by atoms with Crippen LogP contribution in [-0.4, -0.2) is 113 Å². The third kappa shape index (κ3) is 7.67. The lowest BCUT2D eigenvalue weighted by atomic mass is 10.0. The van der Waals surface area contributed by atoms with Crippen LogP contribution in [0.4, 0.5) is 21.9 Å². The number of anilines is 3. The number of aliphatic hydroxyl groups excluding tert-OH is 2. The molecule has 0 bridgehead atoms. The zero-order valence-corrected chi connectivity index (χ0v) is 32.0. The maximum atomic E-state index is 13.2. The standard InChI is InChI=1S/C40H48N12O5/c1-24-19-27(44-40(56)45-30-22-41-32-12-13-43-52(32)36(30)25-5-2-3-6-25)21-42-35(24)37-47-34(57-48-37)7-4-14-49-15-17-50(18-16-49)28-8-9-29-26(20-28)23-51(39(29)55)31-10-11-33(53)46-38(31)54/h8-9,12-13,19-22,25,31,33,38,46,53-54H,2-7,10-11,14-18,23H2,1H3,(H2,44,45,56). The Morgan fingerprint density at radius 2 is 1.84 bits per heavy atom. The average molecular weight is 777 g/mol. The Morgan fingerprint density at radius 3 is 2.65 bits per heavy atom. The zero-order chi connectivity index (χ0) is 39.0. The third-order valence-corrected chi connectivity index (χ3v) is 11.8. The Hall–Kier alpha value is -5.49. The van der Waals surface area contributed by atoms with Gasteiger partial charge < -0.3 is 35.2 Å². The molecular weight excluding hydrogens is 729 g/mol. The fourth-order valence-electron chi connectivity index (χ4n) is 8.88. The highest BCUT2D eigenvalue weighted by Gasteiger charge is 2.39. The molecule has 5 N–H and O–H groups in total. The molecule has 1 aromatic carbocycles. The lowest BCUT2D eigenvalue weighted by Crippen LogP contribution is -2.56. The van der Waals surface area contributed by atoms with E-state index in [1.165, 1.54) is 0 Å². The highest BCUT2D eigenvalue weighted by Crippen LogP contribution is 2.38. The highest BCUT2D eigenvalue weighted by atomic mass is 16.5. The van der Waals surface area contributed by atoms with Gasteiger partial charge in [-0.15, -0.1) is 0 Å². The van der Waals surface area contributed by atoms with Gasteiger partial charge in [-0.25, -0.2) is 14.3 Å². The van der Waals surface area contributed by atoms with Crippen LogP contribution in [0.1, 0.15) is 83.9 Å². The second-order valence-corrected chi connectivity index (χ2v) is 15.6. The Balaban J connectivity index is 0.743. The van der Waals surface area contributed by atoms with Crippen LogP contribution in [0.5, 0.6) is 0 Å². The largest absolute Gasteiger partial charge is 0.379 e. The maximum Gasteiger partial charge on any atom is 0.323 e. The van der Waals surface area contributed by atoms with Crippen molar-refractivity contribution in [2.45, 2.75) is 89.3 Å². The number of amides is 3. The molecule has 3 fully saturated rings.